The van der Waals surface area contributed by atoms with E-state index >= 15 is 0 Å². The highest BCUT2D eigenvalue weighted by molar-refractivity contribution is 5.94. The van der Waals surface area contributed by atoms with Crippen LogP contribution in [0.1, 0.15) is 5.76 Å². The highest BCUT2D eigenvalue weighted by Gasteiger charge is 2.08. The molecule has 4 rings (SSSR count). The summed E-state index contributed by atoms with van der Waals surface area (Å²) in [6.45, 7) is 0.114. The number of carbonyl (C=O) groups is 2. The molecule has 0 aliphatic carbocycles. The Bertz CT molecular complexity index is 1120. The van der Waals surface area contributed by atoms with Gasteiger partial charge in [0.1, 0.15) is 12.1 Å². The standard InChI is InChI=1S/C21H19N5O3/c27-20(13-23-21(28)22-12-17-4-3-11-29-17)25-15-7-9-16(10-8-15)26-14-24-18-5-1-2-6-19(18)26/h1-11,14H,12-13H2,(H,25,27)(H2,22,23,28). The number of rotatable bonds is 6. The Morgan fingerprint density at radius 1 is 0.966 bits per heavy atom. The van der Waals surface area contributed by atoms with Gasteiger partial charge in [0.05, 0.1) is 30.4 Å². The molecule has 8 nitrogen and oxygen atoms in total. The van der Waals surface area contributed by atoms with E-state index in [9.17, 15) is 9.59 Å². The minimum Gasteiger partial charge on any atom is -0.467 e. The van der Waals surface area contributed by atoms with Crippen LogP contribution >= 0.6 is 0 Å². The molecule has 8 heteroatoms. The number of carbonyl (C=O) groups excluding carboxylic acids is 2. The Morgan fingerprint density at radius 3 is 2.59 bits per heavy atom. The molecule has 0 fully saturated rings. The van der Waals surface area contributed by atoms with Gasteiger partial charge in [0.25, 0.3) is 0 Å². The fraction of sp³-hybridized carbons (Fsp3) is 0.0952. The van der Waals surface area contributed by atoms with Crippen molar-refractivity contribution in [3.8, 4) is 5.69 Å². The molecule has 2 heterocycles. The summed E-state index contributed by atoms with van der Waals surface area (Å²) < 4.78 is 7.10. The zero-order valence-corrected chi connectivity index (χ0v) is 15.5. The smallest absolute Gasteiger partial charge is 0.315 e. The molecule has 3 N–H and O–H groups in total. The fourth-order valence-corrected chi connectivity index (χ4v) is 2.88. The molecule has 3 amide bonds. The van der Waals surface area contributed by atoms with Crippen molar-refractivity contribution in [1.82, 2.24) is 20.2 Å². The minimum atomic E-state index is -0.445. The molecular weight excluding hydrogens is 370 g/mol. The van der Waals surface area contributed by atoms with Crippen molar-refractivity contribution in [1.29, 1.82) is 0 Å². The number of imidazole rings is 1. The molecule has 0 aliphatic rings. The Kier molecular flexibility index (Phi) is 5.24. The minimum absolute atomic E-state index is 0.141. The lowest BCUT2D eigenvalue weighted by atomic mass is 10.2. The third-order valence-corrected chi connectivity index (χ3v) is 4.30. The van der Waals surface area contributed by atoms with Crippen LogP contribution in [0.3, 0.4) is 0 Å². The fourth-order valence-electron chi connectivity index (χ4n) is 2.88. The van der Waals surface area contributed by atoms with E-state index in [1.54, 1.807) is 30.6 Å². The lowest BCUT2D eigenvalue weighted by molar-refractivity contribution is -0.115. The average Bonchev–Trinajstić information content (AvgIpc) is 3.41. The van der Waals surface area contributed by atoms with Gasteiger partial charge >= 0.3 is 6.03 Å². The molecule has 29 heavy (non-hydrogen) atoms. The van der Waals surface area contributed by atoms with Crippen LogP contribution in [0.5, 0.6) is 0 Å². The van der Waals surface area contributed by atoms with Gasteiger partial charge in [0.2, 0.25) is 5.91 Å². The second kappa shape index (κ2) is 8.30. The molecule has 4 aromatic rings. The van der Waals surface area contributed by atoms with E-state index in [0.29, 0.717) is 11.4 Å². The van der Waals surface area contributed by atoms with Gasteiger partial charge < -0.3 is 20.4 Å². The molecule has 0 atom stereocenters. The Balaban J connectivity index is 1.29. The van der Waals surface area contributed by atoms with Gasteiger partial charge in [-0.1, -0.05) is 12.1 Å². The first-order valence-electron chi connectivity index (χ1n) is 9.05. The lowest BCUT2D eigenvalue weighted by Gasteiger charge is -2.09. The maximum atomic E-state index is 12.1. The zero-order valence-electron chi connectivity index (χ0n) is 15.5. The van der Waals surface area contributed by atoms with E-state index in [2.05, 4.69) is 20.9 Å². The summed E-state index contributed by atoms with van der Waals surface area (Å²) in [6.07, 6.45) is 3.30. The molecular formula is C21H19N5O3. The largest absolute Gasteiger partial charge is 0.467 e. The Labute approximate surface area is 166 Å². The molecule has 0 spiro atoms. The molecule has 0 saturated heterocycles. The van der Waals surface area contributed by atoms with E-state index in [-0.39, 0.29) is 19.0 Å². The van der Waals surface area contributed by atoms with Crippen LogP contribution in [-0.4, -0.2) is 28.0 Å². The average molecular weight is 389 g/mol. The van der Waals surface area contributed by atoms with Gasteiger partial charge in [-0.2, -0.15) is 0 Å². The maximum absolute atomic E-state index is 12.1. The van der Waals surface area contributed by atoms with Crippen LogP contribution in [-0.2, 0) is 11.3 Å². The molecule has 0 bridgehead atoms. The van der Waals surface area contributed by atoms with Gasteiger partial charge in [-0.25, -0.2) is 9.78 Å². The van der Waals surface area contributed by atoms with Gasteiger partial charge in [-0.15, -0.1) is 0 Å². The summed E-state index contributed by atoms with van der Waals surface area (Å²) in [5.41, 5.74) is 3.50. The molecule has 2 aromatic carbocycles. The van der Waals surface area contributed by atoms with Gasteiger partial charge in [-0.05, 0) is 48.5 Å². The van der Waals surface area contributed by atoms with Crippen molar-refractivity contribution in [3.05, 3.63) is 79.0 Å². The predicted molar refractivity (Wildman–Crippen MR) is 109 cm³/mol. The van der Waals surface area contributed by atoms with Crippen LogP contribution in [0.25, 0.3) is 16.7 Å². The third kappa shape index (κ3) is 4.44. The highest BCUT2D eigenvalue weighted by atomic mass is 16.3. The summed E-state index contributed by atoms with van der Waals surface area (Å²) in [5, 5.41) is 7.86. The second-order valence-corrected chi connectivity index (χ2v) is 6.31. The summed E-state index contributed by atoms with van der Waals surface area (Å²) in [4.78, 5) is 28.2. The van der Waals surface area contributed by atoms with E-state index < -0.39 is 6.03 Å². The Hall–Kier alpha value is -4.07. The molecule has 0 aliphatic heterocycles. The predicted octanol–water partition coefficient (Wildman–Crippen LogP) is 3.06. The van der Waals surface area contributed by atoms with Crippen LogP contribution in [0.4, 0.5) is 10.5 Å². The van der Waals surface area contributed by atoms with Crippen molar-refractivity contribution < 1.29 is 14.0 Å². The monoisotopic (exact) mass is 389 g/mol. The van der Waals surface area contributed by atoms with Crippen LogP contribution in [0, 0.1) is 0 Å². The van der Waals surface area contributed by atoms with E-state index in [0.717, 1.165) is 16.7 Å². The third-order valence-electron chi connectivity index (χ3n) is 4.30. The molecule has 2 aromatic heterocycles. The normalized spacial score (nSPS) is 10.6. The number of para-hydroxylation sites is 2. The summed E-state index contributed by atoms with van der Waals surface area (Å²) in [7, 11) is 0. The number of urea groups is 1. The van der Waals surface area contributed by atoms with Crippen LogP contribution in [0.2, 0.25) is 0 Å². The summed E-state index contributed by atoms with van der Waals surface area (Å²) in [5.74, 6) is 0.314. The molecule has 146 valence electrons. The van der Waals surface area contributed by atoms with Crippen molar-refractivity contribution in [2.75, 3.05) is 11.9 Å². The number of aromatic nitrogens is 2. The summed E-state index contributed by atoms with van der Waals surface area (Å²) >= 11 is 0. The van der Waals surface area contributed by atoms with E-state index in [4.69, 9.17) is 4.42 Å². The topological polar surface area (TPSA) is 101 Å². The van der Waals surface area contributed by atoms with E-state index in [1.165, 1.54) is 6.26 Å². The molecule has 0 radical (unpaired) electrons. The van der Waals surface area contributed by atoms with E-state index in [1.807, 2.05) is 41.0 Å². The van der Waals surface area contributed by atoms with Crippen molar-refractivity contribution >= 4 is 28.7 Å². The SMILES string of the molecule is O=C(CNC(=O)NCc1ccco1)Nc1ccc(-n2cnc3ccccc32)cc1. The van der Waals surface area contributed by atoms with Gasteiger partial charge in [0.15, 0.2) is 0 Å². The van der Waals surface area contributed by atoms with Crippen molar-refractivity contribution in [3.63, 3.8) is 0 Å². The first-order valence-corrected chi connectivity index (χ1v) is 9.05. The van der Waals surface area contributed by atoms with Gasteiger partial charge in [0, 0.05) is 11.4 Å². The number of anilines is 1. The number of nitrogens with one attached hydrogen (secondary N) is 3. The molecule has 0 saturated carbocycles. The van der Waals surface area contributed by atoms with Crippen molar-refractivity contribution in [2.45, 2.75) is 6.54 Å². The number of nitrogens with zero attached hydrogens (tertiary/aromatic N) is 2. The lowest BCUT2D eigenvalue weighted by Crippen LogP contribution is -2.39. The van der Waals surface area contributed by atoms with Crippen LogP contribution < -0.4 is 16.0 Å². The number of hydrogen-bond donors (Lipinski definition) is 3. The van der Waals surface area contributed by atoms with Crippen molar-refractivity contribution in [2.24, 2.45) is 0 Å². The van der Waals surface area contributed by atoms with Gasteiger partial charge in [-0.3, -0.25) is 9.36 Å². The zero-order chi connectivity index (χ0) is 20.1. The number of benzene rings is 2. The second-order valence-electron chi connectivity index (χ2n) is 6.31. The number of furan rings is 1. The van der Waals surface area contributed by atoms with Crippen LogP contribution in [0.15, 0.2) is 77.7 Å². The number of amides is 3. The Morgan fingerprint density at radius 2 is 1.79 bits per heavy atom. The molecule has 0 unspecified atom stereocenters. The first kappa shape index (κ1) is 18.3. The summed E-state index contributed by atoms with van der Waals surface area (Å²) in [6, 6.07) is 18.3. The quantitative estimate of drug-likeness (QED) is 0.472. The number of hydrogen-bond acceptors (Lipinski definition) is 4. The first-order chi connectivity index (χ1) is 14.2. The highest BCUT2D eigenvalue weighted by Crippen LogP contribution is 2.19. The number of fused-ring (bicyclic) bond motifs is 1. The maximum Gasteiger partial charge on any atom is 0.315 e.